The van der Waals surface area contributed by atoms with Crippen LogP contribution in [0.15, 0.2) is 53.2 Å². The Kier molecular flexibility index (Phi) is 6.51. The van der Waals surface area contributed by atoms with Crippen LogP contribution in [0.4, 0.5) is 0 Å². The van der Waals surface area contributed by atoms with Gasteiger partial charge >= 0.3 is 11.9 Å². The summed E-state index contributed by atoms with van der Waals surface area (Å²) < 4.78 is 20.8. The van der Waals surface area contributed by atoms with E-state index in [0.29, 0.717) is 34.3 Å². The molecule has 0 radical (unpaired) electrons. The van der Waals surface area contributed by atoms with Crippen LogP contribution in [0.25, 0.3) is 6.08 Å². The van der Waals surface area contributed by atoms with E-state index in [1.54, 1.807) is 48.5 Å². The Morgan fingerprint density at radius 3 is 2.72 bits per heavy atom. The highest BCUT2D eigenvalue weighted by Crippen LogP contribution is 2.30. The first-order valence-electron chi connectivity index (χ1n) is 8.75. The maximum atomic E-state index is 12.2. The van der Waals surface area contributed by atoms with Gasteiger partial charge in [0.05, 0.1) is 13.7 Å². The van der Waals surface area contributed by atoms with Crippen molar-refractivity contribution in [2.75, 3.05) is 20.3 Å². The topological polar surface area (TPSA) is 83.4 Å². The van der Waals surface area contributed by atoms with Crippen molar-refractivity contribution in [2.45, 2.75) is 6.92 Å². The smallest absolute Gasteiger partial charge is 0.363 e. The third-order valence-electron chi connectivity index (χ3n) is 3.84. The van der Waals surface area contributed by atoms with Crippen molar-refractivity contribution in [2.24, 2.45) is 4.99 Å². The van der Waals surface area contributed by atoms with Crippen LogP contribution in [0.1, 0.15) is 18.1 Å². The molecule has 8 heteroatoms. The molecule has 0 fully saturated rings. The highest BCUT2D eigenvalue weighted by Gasteiger charge is 2.24. The predicted octanol–water partition coefficient (Wildman–Crippen LogP) is 3.64. The monoisotopic (exact) mass is 415 g/mol. The number of benzene rings is 2. The van der Waals surface area contributed by atoms with E-state index in [1.165, 1.54) is 7.11 Å². The number of methoxy groups -OCH3 is 1. The number of esters is 2. The minimum atomic E-state index is -0.566. The van der Waals surface area contributed by atoms with Gasteiger partial charge in [-0.25, -0.2) is 14.6 Å². The van der Waals surface area contributed by atoms with Crippen molar-refractivity contribution in [3.63, 3.8) is 0 Å². The largest absolute Gasteiger partial charge is 0.490 e. The van der Waals surface area contributed by atoms with Gasteiger partial charge in [0, 0.05) is 10.6 Å². The number of aliphatic imine (C=N–C) groups is 1. The van der Waals surface area contributed by atoms with Crippen LogP contribution < -0.4 is 9.47 Å². The first-order valence-corrected chi connectivity index (χ1v) is 9.13. The fourth-order valence-corrected chi connectivity index (χ4v) is 2.70. The average molecular weight is 416 g/mol. The summed E-state index contributed by atoms with van der Waals surface area (Å²) in [6.45, 7) is 1.98. The van der Waals surface area contributed by atoms with Crippen molar-refractivity contribution in [3.05, 3.63) is 64.3 Å². The maximum absolute atomic E-state index is 12.2. The summed E-state index contributed by atoms with van der Waals surface area (Å²) in [6.07, 6.45) is 1.58. The normalized spacial score (nSPS) is 14.4. The minimum Gasteiger partial charge on any atom is -0.490 e. The summed E-state index contributed by atoms with van der Waals surface area (Å²) in [6, 6.07) is 11.9. The van der Waals surface area contributed by atoms with Crippen molar-refractivity contribution in [1.82, 2.24) is 0 Å². The molecular weight excluding hydrogens is 398 g/mol. The fraction of sp³-hybridized carbons (Fsp3) is 0.190. The van der Waals surface area contributed by atoms with E-state index < -0.39 is 11.9 Å². The molecule has 0 saturated carbocycles. The number of halogens is 1. The lowest BCUT2D eigenvalue weighted by Gasteiger charge is -2.11. The lowest BCUT2D eigenvalue weighted by atomic mass is 10.1. The predicted molar refractivity (Wildman–Crippen MR) is 107 cm³/mol. The second-order valence-electron chi connectivity index (χ2n) is 5.85. The molecule has 0 unspecified atom stereocenters. The number of carbonyl (C=O) groups is 2. The summed E-state index contributed by atoms with van der Waals surface area (Å²) in [5.74, 6) is -0.0707. The molecular formula is C21H18ClNO6. The van der Waals surface area contributed by atoms with Gasteiger partial charge in [-0.15, -0.1) is 0 Å². The van der Waals surface area contributed by atoms with Gasteiger partial charge in [-0.1, -0.05) is 23.7 Å². The molecule has 0 bridgehead atoms. The van der Waals surface area contributed by atoms with Crippen molar-refractivity contribution < 1.29 is 28.5 Å². The minimum absolute atomic E-state index is 0.144. The fourth-order valence-electron chi connectivity index (χ4n) is 2.51. The Morgan fingerprint density at radius 1 is 1.17 bits per heavy atom. The first kappa shape index (κ1) is 20.4. The zero-order valence-corrected chi connectivity index (χ0v) is 16.6. The molecule has 0 aromatic heterocycles. The molecule has 29 heavy (non-hydrogen) atoms. The molecule has 1 aliphatic heterocycles. The average Bonchev–Trinajstić information content (AvgIpc) is 3.08. The number of nitrogens with zero attached hydrogens (tertiary/aromatic N) is 1. The van der Waals surface area contributed by atoms with Crippen molar-refractivity contribution in [1.29, 1.82) is 0 Å². The number of carbonyl (C=O) groups excluding carboxylic acids is 2. The van der Waals surface area contributed by atoms with Gasteiger partial charge in [-0.05, 0) is 48.9 Å². The molecule has 0 atom stereocenters. The van der Waals surface area contributed by atoms with E-state index in [-0.39, 0.29) is 18.2 Å². The van der Waals surface area contributed by atoms with Gasteiger partial charge in [0.25, 0.3) is 0 Å². The van der Waals surface area contributed by atoms with Gasteiger partial charge in [-0.2, -0.15) is 0 Å². The van der Waals surface area contributed by atoms with E-state index in [1.807, 2.05) is 6.92 Å². The Morgan fingerprint density at radius 2 is 2.00 bits per heavy atom. The van der Waals surface area contributed by atoms with Crippen LogP contribution >= 0.6 is 11.6 Å². The molecule has 0 N–H and O–H groups in total. The summed E-state index contributed by atoms with van der Waals surface area (Å²) in [7, 11) is 1.28. The quantitative estimate of drug-likeness (QED) is 0.507. The Labute approximate surface area is 172 Å². The molecule has 2 aromatic carbocycles. The van der Waals surface area contributed by atoms with E-state index in [2.05, 4.69) is 9.73 Å². The van der Waals surface area contributed by atoms with Crippen LogP contribution in [-0.2, 0) is 19.1 Å². The van der Waals surface area contributed by atoms with Crippen molar-refractivity contribution in [3.8, 4) is 11.5 Å². The number of ether oxygens (including phenoxy) is 4. The van der Waals surface area contributed by atoms with Crippen LogP contribution in [0.3, 0.4) is 0 Å². The second-order valence-corrected chi connectivity index (χ2v) is 6.29. The molecule has 7 nitrogen and oxygen atoms in total. The lowest BCUT2D eigenvalue weighted by molar-refractivity contribution is -0.143. The summed E-state index contributed by atoms with van der Waals surface area (Å²) in [4.78, 5) is 27.7. The Hall–Kier alpha value is -3.32. The molecule has 1 aliphatic rings. The molecule has 1 heterocycles. The van der Waals surface area contributed by atoms with Gasteiger partial charge < -0.3 is 18.9 Å². The molecule has 150 valence electrons. The Balaban J connectivity index is 1.86. The zero-order valence-electron chi connectivity index (χ0n) is 15.8. The molecule has 0 aliphatic carbocycles. The standard InChI is InChI=1S/C21H18ClNO6/c1-3-27-18-10-13(7-8-17(18)28-12-19(24)26-2)9-16-21(25)29-20(23-16)14-5-4-6-15(22)11-14/h4-11H,3,12H2,1-2H3. The molecule has 0 amide bonds. The van der Waals surface area contributed by atoms with E-state index in [0.717, 1.165) is 0 Å². The number of rotatable bonds is 7. The molecule has 0 saturated heterocycles. The van der Waals surface area contributed by atoms with E-state index in [4.69, 9.17) is 25.8 Å². The van der Waals surface area contributed by atoms with E-state index in [9.17, 15) is 9.59 Å². The highest BCUT2D eigenvalue weighted by molar-refractivity contribution is 6.31. The first-order chi connectivity index (χ1) is 14.0. The highest BCUT2D eigenvalue weighted by atomic mass is 35.5. The molecule has 3 rings (SSSR count). The van der Waals surface area contributed by atoms with Crippen LogP contribution in [-0.4, -0.2) is 38.2 Å². The lowest BCUT2D eigenvalue weighted by Crippen LogP contribution is -2.13. The number of hydrogen-bond donors (Lipinski definition) is 0. The Bertz CT molecular complexity index is 998. The maximum Gasteiger partial charge on any atom is 0.363 e. The SMILES string of the molecule is CCOc1cc(C=C2N=C(c3cccc(Cl)c3)OC2=O)ccc1OCC(=O)OC. The van der Waals surface area contributed by atoms with E-state index >= 15 is 0 Å². The summed E-state index contributed by atoms with van der Waals surface area (Å²) in [5.41, 5.74) is 1.41. The summed E-state index contributed by atoms with van der Waals surface area (Å²) >= 11 is 5.98. The van der Waals surface area contributed by atoms with Crippen molar-refractivity contribution >= 4 is 35.5 Å². The van der Waals surface area contributed by atoms with Gasteiger partial charge in [-0.3, -0.25) is 0 Å². The molecule has 2 aromatic rings. The third-order valence-corrected chi connectivity index (χ3v) is 4.07. The van der Waals surface area contributed by atoms with Gasteiger partial charge in [0.1, 0.15) is 0 Å². The second kappa shape index (κ2) is 9.25. The third kappa shape index (κ3) is 5.14. The van der Waals surface area contributed by atoms with Crippen LogP contribution in [0.2, 0.25) is 5.02 Å². The molecule has 0 spiro atoms. The van der Waals surface area contributed by atoms with Crippen LogP contribution in [0.5, 0.6) is 11.5 Å². The number of cyclic esters (lactones) is 1. The van der Waals surface area contributed by atoms with Gasteiger partial charge in [0.15, 0.2) is 23.8 Å². The summed E-state index contributed by atoms with van der Waals surface area (Å²) in [5, 5.41) is 0.516. The number of hydrogen-bond acceptors (Lipinski definition) is 7. The van der Waals surface area contributed by atoms with Crippen LogP contribution in [0, 0.1) is 0 Å². The van der Waals surface area contributed by atoms with Gasteiger partial charge in [0.2, 0.25) is 5.90 Å². The zero-order chi connectivity index (χ0) is 20.8.